The number of phenols is 1. The van der Waals surface area contributed by atoms with Gasteiger partial charge in [-0.15, -0.1) is 0 Å². The first-order valence-electron chi connectivity index (χ1n) is 6.57. The fourth-order valence-electron chi connectivity index (χ4n) is 2.37. The van der Waals surface area contributed by atoms with Gasteiger partial charge in [0.05, 0.1) is 5.41 Å². The van der Waals surface area contributed by atoms with Crippen LogP contribution in [-0.4, -0.2) is 11.0 Å². The summed E-state index contributed by atoms with van der Waals surface area (Å²) >= 11 is 0. The minimum absolute atomic E-state index is 0.00652. The summed E-state index contributed by atoms with van der Waals surface area (Å²) in [4.78, 5) is 12.5. The van der Waals surface area contributed by atoms with Crippen molar-refractivity contribution in [1.29, 1.82) is 0 Å². The molecule has 1 aliphatic rings. The quantitative estimate of drug-likeness (QED) is 0.591. The van der Waals surface area contributed by atoms with E-state index in [-0.39, 0.29) is 11.7 Å². The zero-order valence-electron chi connectivity index (χ0n) is 11.0. The maximum Gasteiger partial charge on any atom is 0.235 e. The highest BCUT2D eigenvalue weighted by Gasteiger charge is 2.51. The predicted octanol–water partition coefficient (Wildman–Crippen LogP) is 2.64. The van der Waals surface area contributed by atoms with Crippen molar-refractivity contribution < 1.29 is 9.90 Å². The van der Waals surface area contributed by atoms with Crippen LogP contribution in [0.15, 0.2) is 48.5 Å². The maximum absolute atomic E-state index is 12.5. The van der Waals surface area contributed by atoms with E-state index in [9.17, 15) is 9.90 Å². The van der Waals surface area contributed by atoms with E-state index in [1.165, 1.54) is 0 Å². The van der Waals surface area contributed by atoms with Crippen LogP contribution in [0.3, 0.4) is 0 Å². The number of phenolic OH excluding ortho intramolecular Hbond substituents is 1. The molecule has 1 fully saturated rings. The van der Waals surface area contributed by atoms with Crippen molar-refractivity contribution in [3.8, 4) is 5.75 Å². The zero-order valence-corrected chi connectivity index (χ0v) is 11.0. The Morgan fingerprint density at radius 1 is 1.05 bits per heavy atom. The number of carbonyl (C=O) groups is 1. The Morgan fingerprint density at radius 2 is 1.65 bits per heavy atom. The molecule has 102 valence electrons. The Bertz CT molecular complexity index is 629. The van der Waals surface area contributed by atoms with Gasteiger partial charge in [0.2, 0.25) is 5.91 Å². The zero-order chi connectivity index (χ0) is 14.2. The van der Waals surface area contributed by atoms with Gasteiger partial charge < -0.3 is 16.2 Å². The van der Waals surface area contributed by atoms with E-state index in [1.807, 2.05) is 24.3 Å². The number of anilines is 2. The molecule has 0 atom stereocenters. The smallest absolute Gasteiger partial charge is 0.235 e. The van der Waals surface area contributed by atoms with Crippen LogP contribution in [0, 0.1) is 0 Å². The number of aromatic hydroxyl groups is 1. The first kappa shape index (κ1) is 12.5. The minimum atomic E-state index is -0.425. The molecule has 20 heavy (non-hydrogen) atoms. The highest BCUT2D eigenvalue weighted by Crippen LogP contribution is 2.49. The molecule has 0 saturated heterocycles. The van der Waals surface area contributed by atoms with Crippen molar-refractivity contribution in [2.24, 2.45) is 0 Å². The average Bonchev–Trinajstić information content (AvgIpc) is 3.24. The number of hydrogen-bond donors (Lipinski definition) is 3. The molecule has 0 spiro atoms. The molecule has 0 radical (unpaired) electrons. The summed E-state index contributed by atoms with van der Waals surface area (Å²) in [6, 6.07) is 14.0. The van der Waals surface area contributed by atoms with Crippen LogP contribution in [0.25, 0.3) is 0 Å². The largest absolute Gasteiger partial charge is 0.508 e. The Labute approximate surface area is 117 Å². The van der Waals surface area contributed by atoms with Gasteiger partial charge in [-0.2, -0.15) is 0 Å². The van der Waals surface area contributed by atoms with Crippen molar-refractivity contribution >= 4 is 17.3 Å². The Morgan fingerprint density at radius 3 is 2.20 bits per heavy atom. The van der Waals surface area contributed by atoms with Gasteiger partial charge in [-0.3, -0.25) is 4.79 Å². The van der Waals surface area contributed by atoms with E-state index < -0.39 is 5.41 Å². The second-order valence-electron chi connectivity index (χ2n) is 5.21. The van der Waals surface area contributed by atoms with Crippen molar-refractivity contribution in [2.45, 2.75) is 18.3 Å². The Kier molecular flexibility index (Phi) is 2.86. The average molecular weight is 268 g/mol. The summed E-state index contributed by atoms with van der Waals surface area (Å²) in [5.41, 5.74) is 7.64. The number of hydrogen-bond acceptors (Lipinski definition) is 3. The lowest BCUT2D eigenvalue weighted by molar-refractivity contribution is -0.118. The first-order chi connectivity index (χ1) is 9.60. The van der Waals surface area contributed by atoms with Crippen molar-refractivity contribution in [3.05, 3.63) is 54.1 Å². The minimum Gasteiger partial charge on any atom is -0.508 e. The van der Waals surface area contributed by atoms with Crippen molar-refractivity contribution in [3.63, 3.8) is 0 Å². The molecule has 1 saturated carbocycles. The molecule has 0 bridgehead atoms. The van der Waals surface area contributed by atoms with E-state index in [1.54, 1.807) is 24.3 Å². The molecular weight excluding hydrogens is 252 g/mol. The predicted molar refractivity (Wildman–Crippen MR) is 78.5 cm³/mol. The number of carbonyl (C=O) groups excluding carboxylic acids is 1. The van der Waals surface area contributed by atoms with Crippen LogP contribution in [0.2, 0.25) is 0 Å². The highest BCUT2D eigenvalue weighted by molar-refractivity contribution is 6.01. The molecule has 2 aromatic rings. The molecule has 4 N–H and O–H groups in total. The normalized spacial score (nSPS) is 15.6. The van der Waals surface area contributed by atoms with E-state index in [4.69, 9.17) is 5.73 Å². The van der Waals surface area contributed by atoms with Crippen molar-refractivity contribution in [2.75, 3.05) is 11.1 Å². The summed E-state index contributed by atoms with van der Waals surface area (Å²) in [6.45, 7) is 0. The fraction of sp³-hybridized carbons (Fsp3) is 0.188. The molecule has 1 amide bonds. The van der Waals surface area contributed by atoms with Crippen LogP contribution >= 0.6 is 0 Å². The van der Waals surface area contributed by atoms with Gasteiger partial charge in [-0.25, -0.2) is 0 Å². The van der Waals surface area contributed by atoms with Crippen molar-refractivity contribution in [1.82, 2.24) is 0 Å². The number of nitrogens with two attached hydrogens (primary N) is 1. The lowest BCUT2D eigenvalue weighted by Gasteiger charge is -2.16. The topological polar surface area (TPSA) is 75.4 Å². The van der Waals surface area contributed by atoms with Gasteiger partial charge in [0, 0.05) is 11.4 Å². The number of rotatable bonds is 3. The molecule has 0 aromatic heterocycles. The summed E-state index contributed by atoms with van der Waals surface area (Å²) in [5.74, 6) is 0.177. The monoisotopic (exact) mass is 268 g/mol. The lowest BCUT2D eigenvalue weighted by Crippen LogP contribution is -2.27. The molecular formula is C16H16N2O2. The SMILES string of the molecule is Nc1ccc(C2(C(=O)Nc3ccc(O)cc3)CC2)cc1. The van der Waals surface area contributed by atoms with Gasteiger partial charge in [-0.05, 0) is 54.8 Å². The Balaban J connectivity index is 1.79. The van der Waals surface area contributed by atoms with Gasteiger partial charge in [0.1, 0.15) is 5.75 Å². The third kappa shape index (κ3) is 2.20. The third-order valence-corrected chi connectivity index (χ3v) is 3.77. The van der Waals surface area contributed by atoms with Crippen LogP contribution in [-0.2, 0) is 10.2 Å². The number of nitrogen functional groups attached to an aromatic ring is 1. The van der Waals surface area contributed by atoms with Gasteiger partial charge >= 0.3 is 0 Å². The van der Waals surface area contributed by atoms with E-state index in [0.29, 0.717) is 11.4 Å². The van der Waals surface area contributed by atoms with Gasteiger partial charge in [-0.1, -0.05) is 12.1 Å². The standard InChI is InChI=1S/C16H16N2O2/c17-12-3-1-11(2-4-12)16(9-10-16)15(20)18-13-5-7-14(19)8-6-13/h1-8,19H,9-10,17H2,(H,18,20). The van der Waals surface area contributed by atoms with E-state index in [2.05, 4.69) is 5.32 Å². The summed E-state index contributed by atoms with van der Waals surface area (Å²) in [6.07, 6.45) is 1.70. The molecule has 4 nitrogen and oxygen atoms in total. The molecule has 0 unspecified atom stereocenters. The second kappa shape index (κ2) is 4.56. The molecule has 3 rings (SSSR count). The van der Waals surface area contributed by atoms with E-state index >= 15 is 0 Å². The maximum atomic E-state index is 12.5. The molecule has 2 aromatic carbocycles. The van der Waals surface area contributed by atoms with Gasteiger partial charge in [0.25, 0.3) is 0 Å². The number of amides is 1. The lowest BCUT2D eigenvalue weighted by atomic mass is 9.94. The van der Waals surface area contributed by atoms with Gasteiger partial charge in [0.15, 0.2) is 0 Å². The third-order valence-electron chi connectivity index (χ3n) is 3.77. The summed E-state index contributed by atoms with van der Waals surface area (Å²) in [5, 5.41) is 12.1. The summed E-state index contributed by atoms with van der Waals surface area (Å²) in [7, 11) is 0. The molecule has 1 aliphatic carbocycles. The van der Waals surface area contributed by atoms with Crippen LogP contribution in [0.5, 0.6) is 5.75 Å². The number of benzene rings is 2. The van der Waals surface area contributed by atoms with Crippen LogP contribution in [0.4, 0.5) is 11.4 Å². The Hall–Kier alpha value is -2.49. The second-order valence-corrected chi connectivity index (χ2v) is 5.21. The van der Waals surface area contributed by atoms with Crippen LogP contribution in [0.1, 0.15) is 18.4 Å². The fourth-order valence-corrected chi connectivity index (χ4v) is 2.37. The van der Waals surface area contributed by atoms with Crippen LogP contribution < -0.4 is 11.1 Å². The molecule has 0 heterocycles. The first-order valence-corrected chi connectivity index (χ1v) is 6.57. The molecule has 0 aliphatic heterocycles. The van der Waals surface area contributed by atoms with E-state index in [0.717, 1.165) is 18.4 Å². The summed E-state index contributed by atoms with van der Waals surface area (Å²) < 4.78 is 0. The highest BCUT2D eigenvalue weighted by atomic mass is 16.3. The molecule has 4 heteroatoms. The number of nitrogens with one attached hydrogen (secondary N) is 1.